The highest BCUT2D eigenvalue weighted by Gasteiger charge is 2.37. The van der Waals surface area contributed by atoms with E-state index in [9.17, 15) is 0 Å². The SMILES string of the molecule is c1ccc(OC2CN(C3CCN(c4ccccc4)C3)C2)cc1. The molecule has 2 aromatic carbocycles. The maximum absolute atomic E-state index is 6.00. The molecule has 0 N–H and O–H groups in total. The van der Waals surface area contributed by atoms with Crippen LogP contribution >= 0.6 is 0 Å². The molecule has 0 aromatic heterocycles. The summed E-state index contributed by atoms with van der Waals surface area (Å²) < 4.78 is 6.00. The third-order valence-electron chi connectivity index (χ3n) is 4.72. The Hall–Kier alpha value is -2.00. The maximum atomic E-state index is 6.00. The molecule has 114 valence electrons. The zero-order chi connectivity index (χ0) is 14.8. The Morgan fingerprint density at radius 1 is 0.818 bits per heavy atom. The number of anilines is 1. The zero-order valence-electron chi connectivity index (χ0n) is 12.8. The molecule has 2 fully saturated rings. The molecule has 2 aliphatic rings. The van der Waals surface area contributed by atoms with E-state index in [2.05, 4.69) is 40.1 Å². The van der Waals surface area contributed by atoms with Crippen LogP contribution in [0.3, 0.4) is 0 Å². The summed E-state index contributed by atoms with van der Waals surface area (Å²) in [7, 11) is 0. The summed E-state index contributed by atoms with van der Waals surface area (Å²) in [6, 6.07) is 21.6. The second-order valence-corrected chi connectivity index (χ2v) is 6.23. The van der Waals surface area contributed by atoms with Crippen LogP contribution in [-0.2, 0) is 0 Å². The van der Waals surface area contributed by atoms with Crippen molar-refractivity contribution in [2.45, 2.75) is 18.6 Å². The summed E-state index contributed by atoms with van der Waals surface area (Å²) in [5.74, 6) is 0.990. The number of nitrogens with zero attached hydrogens (tertiary/aromatic N) is 2. The van der Waals surface area contributed by atoms with Gasteiger partial charge < -0.3 is 9.64 Å². The molecule has 1 unspecified atom stereocenters. The molecule has 22 heavy (non-hydrogen) atoms. The third-order valence-corrected chi connectivity index (χ3v) is 4.72. The fraction of sp³-hybridized carbons (Fsp3) is 0.368. The second-order valence-electron chi connectivity index (χ2n) is 6.23. The molecule has 0 amide bonds. The van der Waals surface area contributed by atoms with Crippen molar-refractivity contribution >= 4 is 5.69 Å². The lowest BCUT2D eigenvalue weighted by atomic mass is 10.1. The number of benzene rings is 2. The van der Waals surface area contributed by atoms with E-state index < -0.39 is 0 Å². The van der Waals surface area contributed by atoms with Gasteiger partial charge >= 0.3 is 0 Å². The van der Waals surface area contributed by atoms with E-state index in [1.807, 2.05) is 30.3 Å². The molecule has 3 heteroatoms. The number of para-hydroxylation sites is 2. The van der Waals surface area contributed by atoms with Crippen LogP contribution in [0.25, 0.3) is 0 Å². The van der Waals surface area contributed by atoms with Gasteiger partial charge in [-0.3, -0.25) is 4.90 Å². The van der Waals surface area contributed by atoms with Gasteiger partial charge in [-0.15, -0.1) is 0 Å². The molecule has 0 saturated carbocycles. The van der Waals surface area contributed by atoms with Crippen molar-refractivity contribution in [3.8, 4) is 5.75 Å². The predicted octanol–water partition coefficient (Wildman–Crippen LogP) is 3.03. The van der Waals surface area contributed by atoms with Gasteiger partial charge in [-0.25, -0.2) is 0 Å². The van der Waals surface area contributed by atoms with Crippen LogP contribution in [0.1, 0.15) is 6.42 Å². The molecular formula is C19H22N2O. The minimum Gasteiger partial charge on any atom is -0.488 e. The second kappa shape index (κ2) is 6.01. The predicted molar refractivity (Wildman–Crippen MR) is 89.5 cm³/mol. The Bertz CT molecular complexity index is 595. The van der Waals surface area contributed by atoms with Gasteiger partial charge in [0.15, 0.2) is 0 Å². The Morgan fingerprint density at radius 3 is 2.23 bits per heavy atom. The summed E-state index contributed by atoms with van der Waals surface area (Å²) in [6.45, 7) is 4.42. The van der Waals surface area contributed by atoms with Crippen LogP contribution in [0.15, 0.2) is 60.7 Å². The minimum atomic E-state index is 0.355. The highest BCUT2D eigenvalue weighted by atomic mass is 16.5. The molecule has 2 aliphatic heterocycles. The lowest BCUT2D eigenvalue weighted by molar-refractivity contribution is -0.00359. The van der Waals surface area contributed by atoms with Crippen LogP contribution in [-0.4, -0.2) is 43.2 Å². The van der Waals surface area contributed by atoms with Gasteiger partial charge in [-0.05, 0) is 30.7 Å². The Morgan fingerprint density at radius 2 is 1.50 bits per heavy atom. The molecule has 4 rings (SSSR count). The largest absolute Gasteiger partial charge is 0.488 e. The molecular weight excluding hydrogens is 272 g/mol. The fourth-order valence-corrected chi connectivity index (χ4v) is 3.45. The smallest absolute Gasteiger partial charge is 0.124 e. The van der Waals surface area contributed by atoms with Crippen molar-refractivity contribution in [2.24, 2.45) is 0 Å². The van der Waals surface area contributed by atoms with Crippen molar-refractivity contribution < 1.29 is 4.74 Å². The van der Waals surface area contributed by atoms with E-state index >= 15 is 0 Å². The van der Waals surface area contributed by atoms with Gasteiger partial charge in [0, 0.05) is 37.9 Å². The van der Waals surface area contributed by atoms with Crippen molar-refractivity contribution in [2.75, 3.05) is 31.1 Å². The van der Waals surface area contributed by atoms with E-state index in [4.69, 9.17) is 4.74 Å². The Balaban J connectivity index is 1.28. The summed E-state index contributed by atoms with van der Waals surface area (Å²) in [4.78, 5) is 5.06. The summed E-state index contributed by atoms with van der Waals surface area (Å²) in [5.41, 5.74) is 1.35. The van der Waals surface area contributed by atoms with Gasteiger partial charge in [0.2, 0.25) is 0 Å². The average molecular weight is 294 g/mol. The van der Waals surface area contributed by atoms with Gasteiger partial charge in [-0.1, -0.05) is 36.4 Å². The van der Waals surface area contributed by atoms with E-state index in [1.54, 1.807) is 0 Å². The molecule has 1 atom stereocenters. The molecule has 2 saturated heterocycles. The van der Waals surface area contributed by atoms with Crippen LogP contribution in [0.5, 0.6) is 5.75 Å². The van der Waals surface area contributed by atoms with Crippen molar-refractivity contribution in [3.63, 3.8) is 0 Å². The maximum Gasteiger partial charge on any atom is 0.124 e. The third kappa shape index (κ3) is 2.81. The topological polar surface area (TPSA) is 15.7 Å². The molecule has 3 nitrogen and oxygen atoms in total. The molecule has 0 aliphatic carbocycles. The standard InChI is InChI=1S/C19H22N2O/c1-3-7-16(8-4-1)20-12-11-17(13-20)21-14-19(15-21)22-18-9-5-2-6-10-18/h1-10,17,19H,11-15H2. The van der Waals surface area contributed by atoms with Crippen LogP contribution in [0, 0.1) is 0 Å². The molecule has 0 radical (unpaired) electrons. The van der Waals surface area contributed by atoms with E-state index in [0.29, 0.717) is 12.1 Å². The minimum absolute atomic E-state index is 0.355. The number of ether oxygens (including phenoxy) is 1. The number of hydrogen-bond acceptors (Lipinski definition) is 3. The van der Waals surface area contributed by atoms with Crippen molar-refractivity contribution in [3.05, 3.63) is 60.7 Å². The Labute approximate surface area is 132 Å². The highest BCUT2D eigenvalue weighted by molar-refractivity contribution is 5.47. The molecule has 0 spiro atoms. The Kier molecular flexibility index (Phi) is 3.73. The quantitative estimate of drug-likeness (QED) is 0.862. The first-order valence-corrected chi connectivity index (χ1v) is 8.14. The van der Waals surface area contributed by atoms with E-state index in [0.717, 1.165) is 31.9 Å². The van der Waals surface area contributed by atoms with Crippen LogP contribution in [0.2, 0.25) is 0 Å². The monoisotopic (exact) mass is 294 g/mol. The highest BCUT2D eigenvalue weighted by Crippen LogP contribution is 2.27. The average Bonchev–Trinajstić information content (AvgIpc) is 3.02. The lowest BCUT2D eigenvalue weighted by Crippen LogP contribution is -2.58. The van der Waals surface area contributed by atoms with Crippen molar-refractivity contribution in [1.29, 1.82) is 0 Å². The first-order chi connectivity index (χ1) is 10.9. The molecule has 2 heterocycles. The van der Waals surface area contributed by atoms with Gasteiger partial charge in [0.25, 0.3) is 0 Å². The fourth-order valence-electron chi connectivity index (χ4n) is 3.45. The first-order valence-electron chi connectivity index (χ1n) is 8.14. The van der Waals surface area contributed by atoms with Gasteiger partial charge in [-0.2, -0.15) is 0 Å². The van der Waals surface area contributed by atoms with Gasteiger partial charge in [0.1, 0.15) is 11.9 Å². The first kappa shape index (κ1) is 13.6. The number of hydrogen-bond donors (Lipinski definition) is 0. The zero-order valence-corrected chi connectivity index (χ0v) is 12.8. The van der Waals surface area contributed by atoms with Gasteiger partial charge in [0.05, 0.1) is 0 Å². The molecule has 2 aromatic rings. The lowest BCUT2D eigenvalue weighted by Gasteiger charge is -2.42. The van der Waals surface area contributed by atoms with Crippen LogP contribution < -0.4 is 9.64 Å². The number of rotatable bonds is 4. The van der Waals surface area contributed by atoms with Crippen LogP contribution in [0.4, 0.5) is 5.69 Å². The summed E-state index contributed by atoms with van der Waals surface area (Å²) in [5, 5.41) is 0. The van der Waals surface area contributed by atoms with Crippen molar-refractivity contribution in [1.82, 2.24) is 4.90 Å². The number of likely N-dealkylation sites (tertiary alicyclic amines) is 1. The summed E-state index contributed by atoms with van der Waals surface area (Å²) >= 11 is 0. The summed E-state index contributed by atoms with van der Waals surface area (Å²) in [6.07, 6.45) is 1.61. The molecule has 0 bridgehead atoms. The normalized spacial score (nSPS) is 22.5. The van der Waals surface area contributed by atoms with E-state index in [1.165, 1.54) is 12.1 Å². The van der Waals surface area contributed by atoms with E-state index in [-0.39, 0.29) is 0 Å².